The molecule has 0 bridgehead atoms. The van der Waals surface area contributed by atoms with Gasteiger partial charge in [-0.05, 0) is 32.0 Å². The first kappa shape index (κ1) is 14.4. The van der Waals surface area contributed by atoms with Gasteiger partial charge in [0.15, 0.2) is 10.8 Å². The maximum atomic E-state index is 13.8. The van der Waals surface area contributed by atoms with Crippen molar-refractivity contribution in [3.8, 4) is 5.69 Å². The fourth-order valence-corrected chi connectivity index (χ4v) is 2.71. The fourth-order valence-electron chi connectivity index (χ4n) is 2.03. The van der Waals surface area contributed by atoms with Crippen molar-refractivity contribution in [1.29, 1.82) is 0 Å². The predicted molar refractivity (Wildman–Crippen MR) is 83.1 cm³/mol. The van der Waals surface area contributed by atoms with E-state index in [-0.39, 0.29) is 11.6 Å². The molecule has 0 radical (unpaired) electrons. The van der Waals surface area contributed by atoms with Crippen LogP contribution in [0.15, 0.2) is 35.7 Å². The molecule has 1 aromatic carbocycles. The average molecular weight is 316 g/mol. The van der Waals surface area contributed by atoms with Gasteiger partial charge in [-0.2, -0.15) is 5.10 Å². The van der Waals surface area contributed by atoms with E-state index >= 15 is 0 Å². The highest BCUT2D eigenvalue weighted by Gasteiger charge is 2.16. The Kier molecular flexibility index (Phi) is 3.72. The Balaban J connectivity index is 1.89. The van der Waals surface area contributed by atoms with Crippen LogP contribution >= 0.6 is 11.3 Å². The third-order valence-corrected chi connectivity index (χ3v) is 3.92. The standard InChI is InChI=1S/C15H13FN4OS/c1-9-8-22-15(17-9)18-14(21)12-7-10(2)20(19-12)13-6-4-3-5-11(13)16/h3-8H,1-2H3,(H,17,18,21). The number of carbonyl (C=O) groups excluding carboxylic acids is 1. The summed E-state index contributed by atoms with van der Waals surface area (Å²) in [6.07, 6.45) is 0. The van der Waals surface area contributed by atoms with E-state index in [9.17, 15) is 9.18 Å². The molecular formula is C15H13FN4OS. The van der Waals surface area contributed by atoms with Crippen LogP contribution in [0.1, 0.15) is 21.9 Å². The molecule has 0 unspecified atom stereocenters. The third kappa shape index (κ3) is 2.75. The average Bonchev–Trinajstić information content (AvgIpc) is 3.06. The van der Waals surface area contributed by atoms with Crippen molar-refractivity contribution in [3.05, 3.63) is 58.6 Å². The summed E-state index contributed by atoms with van der Waals surface area (Å²) in [5, 5.41) is 9.23. The minimum atomic E-state index is -0.392. The molecule has 0 fully saturated rings. The summed E-state index contributed by atoms with van der Waals surface area (Å²) in [5.74, 6) is -0.760. The van der Waals surface area contributed by atoms with Gasteiger partial charge in [-0.25, -0.2) is 14.1 Å². The zero-order chi connectivity index (χ0) is 15.7. The van der Waals surface area contributed by atoms with Gasteiger partial charge in [-0.3, -0.25) is 10.1 Å². The normalized spacial score (nSPS) is 10.7. The zero-order valence-electron chi connectivity index (χ0n) is 12.0. The Morgan fingerprint density at radius 1 is 1.32 bits per heavy atom. The molecule has 0 saturated carbocycles. The van der Waals surface area contributed by atoms with Crippen LogP contribution in [0.3, 0.4) is 0 Å². The lowest BCUT2D eigenvalue weighted by Crippen LogP contribution is -2.13. The molecule has 0 atom stereocenters. The summed E-state index contributed by atoms with van der Waals surface area (Å²) in [5.41, 5.74) is 2.04. The Bertz CT molecular complexity index is 840. The quantitative estimate of drug-likeness (QED) is 0.806. The van der Waals surface area contributed by atoms with Crippen molar-refractivity contribution < 1.29 is 9.18 Å². The van der Waals surface area contributed by atoms with Gasteiger partial charge in [0.1, 0.15) is 11.5 Å². The number of nitrogens with zero attached hydrogens (tertiary/aromatic N) is 3. The molecule has 3 aromatic rings. The molecule has 5 nitrogen and oxygen atoms in total. The lowest BCUT2D eigenvalue weighted by Gasteiger charge is -2.04. The van der Waals surface area contributed by atoms with Crippen molar-refractivity contribution in [2.24, 2.45) is 0 Å². The van der Waals surface area contributed by atoms with E-state index in [1.165, 1.54) is 22.1 Å². The molecule has 112 valence electrons. The number of hydrogen-bond donors (Lipinski definition) is 1. The van der Waals surface area contributed by atoms with Gasteiger partial charge in [0, 0.05) is 11.1 Å². The summed E-state index contributed by atoms with van der Waals surface area (Å²) in [4.78, 5) is 16.4. The largest absolute Gasteiger partial charge is 0.296 e. The number of rotatable bonds is 3. The van der Waals surface area contributed by atoms with Gasteiger partial charge < -0.3 is 0 Å². The monoisotopic (exact) mass is 316 g/mol. The molecule has 2 aromatic heterocycles. The minimum Gasteiger partial charge on any atom is -0.296 e. The highest BCUT2D eigenvalue weighted by atomic mass is 32.1. The highest BCUT2D eigenvalue weighted by molar-refractivity contribution is 7.13. The van der Waals surface area contributed by atoms with Crippen LogP contribution in [-0.2, 0) is 0 Å². The van der Waals surface area contributed by atoms with Crippen molar-refractivity contribution in [1.82, 2.24) is 14.8 Å². The zero-order valence-corrected chi connectivity index (χ0v) is 12.8. The number of anilines is 1. The lowest BCUT2D eigenvalue weighted by atomic mass is 10.3. The third-order valence-electron chi connectivity index (χ3n) is 3.04. The maximum absolute atomic E-state index is 13.8. The first-order valence-corrected chi connectivity index (χ1v) is 7.47. The van der Waals surface area contributed by atoms with E-state index in [4.69, 9.17) is 0 Å². The summed E-state index contributed by atoms with van der Waals surface area (Å²) >= 11 is 1.34. The summed E-state index contributed by atoms with van der Waals surface area (Å²) in [6.45, 7) is 3.62. The van der Waals surface area contributed by atoms with Gasteiger partial charge in [-0.1, -0.05) is 12.1 Å². The van der Waals surface area contributed by atoms with Crippen molar-refractivity contribution >= 4 is 22.4 Å². The van der Waals surface area contributed by atoms with Crippen LogP contribution in [-0.4, -0.2) is 20.7 Å². The molecule has 0 saturated heterocycles. The van der Waals surface area contributed by atoms with Gasteiger partial charge in [-0.15, -0.1) is 11.3 Å². The van der Waals surface area contributed by atoms with Crippen LogP contribution in [0.2, 0.25) is 0 Å². The first-order valence-electron chi connectivity index (χ1n) is 6.59. The van der Waals surface area contributed by atoms with E-state index in [2.05, 4.69) is 15.4 Å². The first-order chi connectivity index (χ1) is 10.5. The highest BCUT2D eigenvalue weighted by Crippen LogP contribution is 2.18. The van der Waals surface area contributed by atoms with E-state index < -0.39 is 5.82 Å². The summed E-state index contributed by atoms with van der Waals surface area (Å²) < 4.78 is 15.3. The molecule has 1 N–H and O–H groups in total. The second-order valence-corrected chi connectivity index (χ2v) is 5.64. The number of nitrogens with one attached hydrogen (secondary N) is 1. The molecule has 1 amide bonds. The van der Waals surface area contributed by atoms with E-state index in [0.29, 0.717) is 16.5 Å². The van der Waals surface area contributed by atoms with Crippen molar-refractivity contribution in [2.75, 3.05) is 5.32 Å². The van der Waals surface area contributed by atoms with Crippen LogP contribution in [0, 0.1) is 19.7 Å². The second kappa shape index (κ2) is 5.69. The number of aryl methyl sites for hydroxylation is 2. The van der Waals surface area contributed by atoms with E-state index in [0.717, 1.165) is 5.69 Å². The predicted octanol–water partition coefficient (Wildman–Crippen LogP) is 3.34. The number of benzene rings is 1. The molecule has 0 aliphatic carbocycles. The molecule has 22 heavy (non-hydrogen) atoms. The van der Waals surface area contributed by atoms with Gasteiger partial charge >= 0.3 is 0 Å². The minimum absolute atomic E-state index is 0.216. The number of thiazole rings is 1. The van der Waals surface area contributed by atoms with Gasteiger partial charge in [0.25, 0.3) is 5.91 Å². The van der Waals surface area contributed by atoms with Gasteiger partial charge in [0.2, 0.25) is 0 Å². The van der Waals surface area contributed by atoms with E-state index in [1.54, 1.807) is 31.2 Å². The molecular weight excluding hydrogens is 303 g/mol. The molecule has 0 aliphatic heterocycles. The summed E-state index contributed by atoms with van der Waals surface area (Å²) in [7, 11) is 0. The number of aromatic nitrogens is 3. The lowest BCUT2D eigenvalue weighted by molar-refractivity contribution is 0.102. The number of halogens is 1. The molecule has 0 spiro atoms. The fraction of sp³-hybridized carbons (Fsp3) is 0.133. The van der Waals surface area contributed by atoms with Crippen LogP contribution in [0.25, 0.3) is 5.69 Å². The Morgan fingerprint density at radius 2 is 2.09 bits per heavy atom. The SMILES string of the molecule is Cc1csc(NC(=O)c2cc(C)n(-c3ccccc3F)n2)n1. The van der Waals surface area contributed by atoms with Crippen LogP contribution in [0.4, 0.5) is 9.52 Å². The number of para-hydroxylation sites is 1. The summed E-state index contributed by atoms with van der Waals surface area (Å²) in [6, 6.07) is 7.91. The molecule has 3 rings (SSSR count). The molecule has 7 heteroatoms. The second-order valence-electron chi connectivity index (χ2n) is 4.78. The Hall–Kier alpha value is -2.54. The number of amides is 1. The smallest absolute Gasteiger partial charge is 0.277 e. The molecule has 2 heterocycles. The van der Waals surface area contributed by atoms with E-state index in [1.807, 2.05) is 12.3 Å². The Morgan fingerprint density at radius 3 is 2.77 bits per heavy atom. The Labute approximate surface area is 130 Å². The van der Waals surface area contributed by atoms with Crippen molar-refractivity contribution in [2.45, 2.75) is 13.8 Å². The topological polar surface area (TPSA) is 59.8 Å². The van der Waals surface area contributed by atoms with Gasteiger partial charge in [0.05, 0.1) is 5.69 Å². The number of carbonyl (C=O) groups is 1. The molecule has 0 aliphatic rings. The number of hydrogen-bond acceptors (Lipinski definition) is 4. The van der Waals surface area contributed by atoms with Crippen molar-refractivity contribution in [3.63, 3.8) is 0 Å². The maximum Gasteiger partial charge on any atom is 0.277 e. The van der Waals surface area contributed by atoms with Crippen LogP contribution < -0.4 is 5.32 Å². The van der Waals surface area contributed by atoms with Crippen LogP contribution in [0.5, 0.6) is 0 Å².